The number of rotatable bonds is 3. The molecule has 5 heteroatoms. The number of hydrogen-bond acceptors (Lipinski definition) is 3. The molecule has 4 nitrogen and oxygen atoms in total. The van der Waals surface area contributed by atoms with Crippen LogP contribution in [0.1, 0.15) is 12.8 Å². The summed E-state index contributed by atoms with van der Waals surface area (Å²) in [6.07, 6.45) is 5.83. The number of carbonyl (C=O) groups excluding carboxylic acids is 1. The topological polar surface area (TPSA) is 66.4 Å². The highest BCUT2D eigenvalue weighted by atomic mass is 32.2. The van der Waals surface area contributed by atoms with E-state index in [4.69, 9.17) is 0 Å². The lowest BCUT2D eigenvalue weighted by molar-refractivity contribution is -0.147. The van der Waals surface area contributed by atoms with Crippen LogP contribution in [-0.4, -0.2) is 34.5 Å². The summed E-state index contributed by atoms with van der Waals surface area (Å²) in [6.45, 7) is 0. The summed E-state index contributed by atoms with van der Waals surface area (Å²) in [7, 11) is 0. The number of fused-ring (bicyclic) bond motifs is 2. The van der Waals surface area contributed by atoms with E-state index < -0.39 is 11.9 Å². The third kappa shape index (κ3) is 1.94. The van der Waals surface area contributed by atoms with Gasteiger partial charge in [-0.15, -0.1) is 0 Å². The summed E-state index contributed by atoms with van der Waals surface area (Å²) < 4.78 is 0. The molecule has 1 aliphatic heterocycles. The van der Waals surface area contributed by atoms with E-state index in [1.54, 1.807) is 0 Å². The minimum absolute atomic E-state index is 0.0493. The second-order valence-electron chi connectivity index (χ2n) is 5.41. The van der Waals surface area contributed by atoms with Gasteiger partial charge < -0.3 is 10.4 Å². The quantitative estimate of drug-likeness (QED) is 0.752. The number of hydrogen-bond donors (Lipinski definition) is 2. The molecular weight excluding hydrogens is 250 g/mol. The normalized spacial score (nSPS) is 41.2. The standard InChI is InChI=1S/C13H17NO3S/c15-12(14-9-3-4-18-6-9)10-7-1-2-8(5-7)11(10)13(16)17/h1-2,7-11H,3-6H2,(H,14,15)(H,16,17)/t7?,8?,9?,10-,11+/m0/s1. The second-order valence-corrected chi connectivity index (χ2v) is 6.56. The fourth-order valence-electron chi connectivity index (χ4n) is 3.46. The van der Waals surface area contributed by atoms with Crippen LogP contribution in [0.4, 0.5) is 0 Å². The minimum Gasteiger partial charge on any atom is -0.481 e. The van der Waals surface area contributed by atoms with Gasteiger partial charge in [0.2, 0.25) is 5.91 Å². The predicted octanol–water partition coefficient (Wildman–Crippen LogP) is 1.13. The van der Waals surface area contributed by atoms with Crippen molar-refractivity contribution in [2.75, 3.05) is 11.5 Å². The van der Waals surface area contributed by atoms with Crippen molar-refractivity contribution < 1.29 is 14.7 Å². The first-order valence-corrected chi connectivity index (χ1v) is 7.61. The van der Waals surface area contributed by atoms with Crippen LogP contribution >= 0.6 is 11.8 Å². The molecule has 0 aromatic carbocycles. The molecule has 18 heavy (non-hydrogen) atoms. The van der Waals surface area contributed by atoms with Crippen LogP contribution in [0.25, 0.3) is 0 Å². The molecule has 3 unspecified atom stereocenters. The smallest absolute Gasteiger partial charge is 0.307 e. The molecule has 1 saturated carbocycles. The highest BCUT2D eigenvalue weighted by molar-refractivity contribution is 7.99. The van der Waals surface area contributed by atoms with E-state index in [9.17, 15) is 14.7 Å². The van der Waals surface area contributed by atoms with Gasteiger partial charge in [-0.1, -0.05) is 12.2 Å². The fourth-order valence-corrected chi connectivity index (χ4v) is 4.61. The van der Waals surface area contributed by atoms with E-state index in [1.165, 1.54) is 0 Å². The average molecular weight is 267 g/mol. The largest absolute Gasteiger partial charge is 0.481 e. The van der Waals surface area contributed by atoms with Crippen molar-refractivity contribution in [1.29, 1.82) is 0 Å². The molecule has 2 N–H and O–H groups in total. The van der Waals surface area contributed by atoms with Crippen molar-refractivity contribution in [2.24, 2.45) is 23.7 Å². The lowest BCUT2D eigenvalue weighted by atomic mass is 9.82. The number of carbonyl (C=O) groups is 2. The molecule has 98 valence electrons. The number of carboxylic acid groups (broad SMARTS) is 1. The summed E-state index contributed by atoms with van der Waals surface area (Å²) in [5, 5.41) is 12.3. The number of thioether (sulfide) groups is 1. The monoisotopic (exact) mass is 267 g/mol. The van der Waals surface area contributed by atoms with Crippen LogP contribution in [0, 0.1) is 23.7 Å². The molecular formula is C13H17NO3S. The molecule has 3 rings (SSSR count). The predicted molar refractivity (Wildman–Crippen MR) is 69.2 cm³/mol. The summed E-state index contributed by atoms with van der Waals surface area (Å²) in [5.41, 5.74) is 0. The van der Waals surface area contributed by atoms with Crippen molar-refractivity contribution in [2.45, 2.75) is 18.9 Å². The van der Waals surface area contributed by atoms with Crippen molar-refractivity contribution in [3.63, 3.8) is 0 Å². The Morgan fingerprint density at radius 2 is 1.94 bits per heavy atom. The van der Waals surface area contributed by atoms with E-state index in [-0.39, 0.29) is 29.7 Å². The van der Waals surface area contributed by atoms with E-state index >= 15 is 0 Å². The first-order valence-electron chi connectivity index (χ1n) is 6.46. The van der Waals surface area contributed by atoms with E-state index in [2.05, 4.69) is 5.32 Å². The molecule has 2 fully saturated rings. The summed E-state index contributed by atoms with van der Waals surface area (Å²) in [5.74, 6) is 0.479. The highest BCUT2D eigenvalue weighted by Gasteiger charge is 2.51. The first kappa shape index (κ1) is 12.1. The Bertz CT molecular complexity index is 403. The SMILES string of the molecule is O=C(O)[C@@H]1C2C=CC(C2)[C@@H]1C(=O)NC1CCSC1. The van der Waals surface area contributed by atoms with E-state index in [0.29, 0.717) is 0 Å². The van der Waals surface area contributed by atoms with Crippen LogP contribution in [-0.2, 0) is 9.59 Å². The number of nitrogens with one attached hydrogen (secondary N) is 1. The Kier molecular flexibility index (Phi) is 3.09. The lowest BCUT2D eigenvalue weighted by Gasteiger charge is -2.25. The summed E-state index contributed by atoms with van der Waals surface area (Å²) in [6, 6.07) is 0.236. The van der Waals surface area contributed by atoms with Crippen LogP contribution in [0.15, 0.2) is 12.2 Å². The molecule has 1 saturated heterocycles. The van der Waals surface area contributed by atoms with Gasteiger partial charge in [0.1, 0.15) is 0 Å². The summed E-state index contributed by atoms with van der Waals surface area (Å²) in [4.78, 5) is 23.6. The minimum atomic E-state index is -0.826. The van der Waals surface area contributed by atoms with Crippen molar-refractivity contribution in [1.82, 2.24) is 5.32 Å². The van der Waals surface area contributed by atoms with Crippen LogP contribution in [0.2, 0.25) is 0 Å². The molecule has 0 aromatic heterocycles. The zero-order chi connectivity index (χ0) is 12.7. The fraction of sp³-hybridized carbons (Fsp3) is 0.692. The van der Waals surface area contributed by atoms with Gasteiger partial charge in [0, 0.05) is 11.8 Å². The molecule has 5 atom stereocenters. The molecule has 3 aliphatic rings. The highest BCUT2D eigenvalue weighted by Crippen LogP contribution is 2.48. The maximum absolute atomic E-state index is 12.3. The van der Waals surface area contributed by atoms with E-state index in [0.717, 1.165) is 24.3 Å². The number of aliphatic carboxylic acids is 1. The molecule has 0 spiro atoms. The Morgan fingerprint density at radius 3 is 2.56 bits per heavy atom. The third-order valence-corrected chi connectivity index (χ3v) is 5.49. The van der Waals surface area contributed by atoms with Gasteiger partial charge >= 0.3 is 5.97 Å². The zero-order valence-electron chi connectivity index (χ0n) is 10.0. The van der Waals surface area contributed by atoms with Crippen LogP contribution in [0.5, 0.6) is 0 Å². The Balaban J connectivity index is 1.71. The van der Waals surface area contributed by atoms with Gasteiger partial charge in [0.25, 0.3) is 0 Å². The third-order valence-electron chi connectivity index (χ3n) is 4.32. The number of carboxylic acids is 1. The Morgan fingerprint density at radius 1 is 1.22 bits per heavy atom. The van der Waals surface area contributed by atoms with Gasteiger partial charge in [-0.3, -0.25) is 9.59 Å². The molecule has 1 heterocycles. The molecule has 2 aliphatic carbocycles. The maximum Gasteiger partial charge on any atom is 0.307 e. The van der Waals surface area contributed by atoms with E-state index in [1.807, 2.05) is 23.9 Å². The van der Waals surface area contributed by atoms with Crippen molar-refractivity contribution in [3.05, 3.63) is 12.2 Å². The lowest BCUT2D eigenvalue weighted by Crippen LogP contribution is -2.44. The molecule has 1 amide bonds. The zero-order valence-corrected chi connectivity index (χ0v) is 10.9. The van der Waals surface area contributed by atoms with Gasteiger partial charge in [-0.2, -0.15) is 11.8 Å². The molecule has 0 radical (unpaired) electrons. The van der Waals surface area contributed by atoms with Crippen molar-refractivity contribution in [3.8, 4) is 0 Å². The van der Waals surface area contributed by atoms with Gasteiger partial charge in [-0.05, 0) is 30.4 Å². The Hall–Kier alpha value is -0.970. The van der Waals surface area contributed by atoms with Crippen LogP contribution in [0.3, 0.4) is 0 Å². The van der Waals surface area contributed by atoms with Gasteiger partial charge in [-0.25, -0.2) is 0 Å². The van der Waals surface area contributed by atoms with Crippen LogP contribution < -0.4 is 5.32 Å². The maximum atomic E-state index is 12.3. The first-order chi connectivity index (χ1) is 8.66. The average Bonchev–Trinajstić information content (AvgIpc) is 3.03. The number of allylic oxidation sites excluding steroid dienone is 2. The molecule has 0 aromatic rings. The second kappa shape index (κ2) is 4.61. The van der Waals surface area contributed by atoms with Gasteiger partial charge in [0.15, 0.2) is 0 Å². The molecule has 2 bridgehead atoms. The summed E-state index contributed by atoms with van der Waals surface area (Å²) >= 11 is 1.84. The van der Waals surface area contributed by atoms with Crippen molar-refractivity contribution >= 4 is 23.6 Å². The Labute approximate surface area is 110 Å². The van der Waals surface area contributed by atoms with Gasteiger partial charge in [0.05, 0.1) is 11.8 Å². The number of amides is 1.